The second-order valence-electron chi connectivity index (χ2n) is 9.87. The lowest BCUT2D eigenvalue weighted by Crippen LogP contribution is -2.36. The third-order valence-electron chi connectivity index (χ3n) is 8.03. The molecule has 2 atom stereocenters. The molecule has 1 aromatic heterocycles. The molecule has 0 amide bonds. The van der Waals surface area contributed by atoms with Crippen molar-refractivity contribution in [3.8, 4) is 5.69 Å². The van der Waals surface area contributed by atoms with Crippen LogP contribution in [0.5, 0.6) is 0 Å². The summed E-state index contributed by atoms with van der Waals surface area (Å²) in [5, 5.41) is 0. The molecule has 2 aliphatic carbocycles. The molecule has 0 spiro atoms. The van der Waals surface area contributed by atoms with Crippen LogP contribution >= 0.6 is 0 Å². The van der Waals surface area contributed by atoms with E-state index >= 15 is 0 Å². The Balaban J connectivity index is 1.72. The van der Waals surface area contributed by atoms with E-state index in [4.69, 9.17) is 0 Å². The molecule has 5 rings (SSSR count). The van der Waals surface area contributed by atoms with Crippen LogP contribution in [0.3, 0.4) is 0 Å². The fourth-order valence-electron chi connectivity index (χ4n) is 5.90. The predicted octanol–water partition coefficient (Wildman–Crippen LogP) is 6.16. The molecule has 0 aliphatic heterocycles. The van der Waals surface area contributed by atoms with Crippen LogP contribution in [0.15, 0.2) is 47.3 Å². The number of rotatable bonds is 3. The second-order valence-corrected chi connectivity index (χ2v) is 9.87. The molecule has 1 heterocycles. The summed E-state index contributed by atoms with van der Waals surface area (Å²) in [6.45, 7) is 6.41. The molecular weight excluding hydrogens is 439 g/mol. The van der Waals surface area contributed by atoms with Gasteiger partial charge in [0.15, 0.2) is 5.82 Å². The van der Waals surface area contributed by atoms with Crippen molar-refractivity contribution in [2.75, 3.05) is 0 Å². The summed E-state index contributed by atoms with van der Waals surface area (Å²) >= 11 is 0. The third kappa shape index (κ3) is 2.95. The number of hydrogen-bond acceptors (Lipinski definition) is 1. The molecule has 3 nitrogen and oxygen atoms in total. The SMILES string of the molecule is CC1(C)[C@@H]2CC[C@@]1(C)c1c2c(=O)n(-c2ccc(F)cc2F)n1Cc1ccc(C(F)(F)F)cc1. The highest BCUT2D eigenvalue weighted by molar-refractivity contribution is 5.48. The smallest absolute Gasteiger partial charge is 0.277 e. The fourth-order valence-corrected chi connectivity index (χ4v) is 5.90. The Labute approximate surface area is 187 Å². The van der Waals surface area contributed by atoms with Gasteiger partial charge < -0.3 is 0 Å². The summed E-state index contributed by atoms with van der Waals surface area (Å²) < 4.78 is 70.3. The van der Waals surface area contributed by atoms with Gasteiger partial charge in [0.25, 0.3) is 5.56 Å². The van der Waals surface area contributed by atoms with Gasteiger partial charge in [0.1, 0.15) is 11.5 Å². The highest BCUT2D eigenvalue weighted by Crippen LogP contribution is 2.67. The molecule has 1 fully saturated rings. The zero-order chi connectivity index (χ0) is 23.9. The van der Waals surface area contributed by atoms with Crippen LogP contribution in [0.4, 0.5) is 22.0 Å². The Kier molecular flexibility index (Phi) is 4.52. The summed E-state index contributed by atoms with van der Waals surface area (Å²) in [5.74, 6) is -1.64. The van der Waals surface area contributed by atoms with Crippen LogP contribution in [0.1, 0.15) is 61.9 Å². The maximum Gasteiger partial charge on any atom is 0.416 e. The fraction of sp³-hybridized carbons (Fsp3) is 0.400. The van der Waals surface area contributed by atoms with Gasteiger partial charge in [-0.15, -0.1) is 0 Å². The normalized spacial score (nSPS) is 23.2. The lowest BCUT2D eigenvalue weighted by molar-refractivity contribution is -0.137. The first-order chi connectivity index (χ1) is 15.4. The highest BCUT2D eigenvalue weighted by atomic mass is 19.4. The van der Waals surface area contributed by atoms with E-state index in [0.29, 0.717) is 11.1 Å². The molecule has 0 N–H and O–H groups in total. The standard InChI is InChI=1S/C25H23F5N2O/c1-23(2)17-10-11-24(23,3)21-20(17)22(33)32(19-9-8-16(26)12-18(19)27)31(21)13-14-4-6-15(7-5-14)25(28,29)30/h4-9,12,17H,10-11,13H2,1-3H3/t17-,24+/m1/s1. The van der Waals surface area contributed by atoms with Crippen molar-refractivity contribution < 1.29 is 22.0 Å². The first-order valence-electron chi connectivity index (χ1n) is 10.8. The summed E-state index contributed by atoms with van der Waals surface area (Å²) in [6, 6.07) is 7.77. The van der Waals surface area contributed by atoms with Gasteiger partial charge in [0.2, 0.25) is 0 Å². The minimum atomic E-state index is -4.46. The van der Waals surface area contributed by atoms with Gasteiger partial charge in [-0.2, -0.15) is 13.2 Å². The molecule has 0 unspecified atom stereocenters. The van der Waals surface area contributed by atoms with Crippen LogP contribution in [0.25, 0.3) is 5.69 Å². The first-order valence-corrected chi connectivity index (χ1v) is 10.8. The molecule has 2 aromatic carbocycles. The van der Waals surface area contributed by atoms with Gasteiger partial charge >= 0.3 is 6.18 Å². The van der Waals surface area contributed by atoms with Crippen LogP contribution in [0.2, 0.25) is 0 Å². The largest absolute Gasteiger partial charge is 0.416 e. The molecule has 8 heteroatoms. The van der Waals surface area contributed by atoms with Gasteiger partial charge in [-0.3, -0.25) is 9.48 Å². The maximum absolute atomic E-state index is 14.8. The predicted molar refractivity (Wildman–Crippen MR) is 114 cm³/mol. The number of aromatic nitrogens is 2. The number of fused-ring (bicyclic) bond motifs is 5. The molecule has 2 aliphatic rings. The van der Waals surface area contributed by atoms with E-state index in [1.807, 2.05) is 0 Å². The minimum Gasteiger partial charge on any atom is -0.277 e. The van der Waals surface area contributed by atoms with Crippen LogP contribution in [-0.4, -0.2) is 9.36 Å². The summed E-state index contributed by atoms with van der Waals surface area (Å²) in [6.07, 6.45) is -2.77. The van der Waals surface area contributed by atoms with E-state index in [9.17, 15) is 26.7 Å². The van der Waals surface area contributed by atoms with E-state index in [2.05, 4.69) is 20.8 Å². The molecule has 0 saturated heterocycles. The van der Waals surface area contributed by atoms with Crippen molar-refractivity contribution in [2.45, 2.75) is 57.7 Å². The van der Waals surface area contributed by atoms with E-state index in [1.54, 1.807) is 4.68 Å². The van der Waals surface area contributed by atoms with Gasteiger partial charge in [0, 0.05) is 17.0 Å². The third-order valence-corrected chi connectivity index (χ3v) is 8.03. The number of nitrogens with zero attached hydrogens (tertiary/aromatic N) is 2. The van der Waals surface area contributed by atoms with Crippen LogP contribution < -0.4 is 5.56 Å². The number of hydrogen-bond donors (Lipinski definition) is 0. The summed E-state index contributed by atoms with van der Waals surface area (Å²) in [5.41, 5.74) is 0.201. The van der Waals surface area contributed by atoms with Crippen LogP contribution in [0, 0.1) is 17.0 Å². The molecule has 2 bridgehead atoms. The van der Waals surface area contributed by atoms with Crippen molar-refractivity contribution in [1.82, 2.24) is 9.36 Å². The first kappa shape index (κ1) is 21.9. The Bertz CT molecular complexity index is 1320. The van der Waals surface area contributed by atoms with Crippen molar-refractivity contribution in [3.63, 3.8) is 0 Å². The number of halogens is 5. The monoisotopic (exact) mass is 462 g/mol. The zero-order valence-corrected chi connectivity index (χ0v) is 18.4. The molecule has 1 saturated carbocycles. The second kappa shape index (κ2) is 6.81. The summed E-state index contributed by atoms with van der Waals surface area (Å²) in [4.78, 5) is 13.6. The van der Waals surface area contributed by atoms with E-state index in [-0.39, 0.29) is 34.5 Å². The van der Waals surface area contributed by atoms with Crippen molar-refractivity contribution in [3.05, 3.63) is 86.8 Å². The zero-order valence-electron chi connectivity index (χ0n) is 18.4. The number of alkyl halides is 3. The molecule has 33 heavy (non-hydrogen) atoms. The maximum atomic E-state index is 14.8. The quantitative estimate of drug-likeness (QED) is 0.429. The highest BCUT2D eigenvalue weighted by Gasteiger charge is 2.62. The lowest BCUT2D eigenvalue weighted by Gasteiger charge is -2.36. The topological polar surface area (TPSA) is 26.9 Å². The average Bonchev–Trinajstić information content (AvgIpc) is 3.20. The van der Waals surface area contributed by atoms with Crippen molar-refractivity contribution in [2.24, 2.45) is 5.41 Å². The van der Waals surface area contributed by atoms with E-state index < -0.39 is 23.4 Å². The van der Waals surface area contributed by atoms with Gasteiger partial charge in [-0.25, -0.2) is 13.5 Å². The molecular formula is C25H23F5N2O. The van der Waals surface area contributed by atoms with E-state index in [1.165, 1.54) is 22.9 Å². The van der Waals surface area contributed by atoms with Gasteiger partial charge in [-0.1, -0.05) is 32.9 Å². The Morgan fingerprint density at radius 1 is 1.03 bits per heavy atom. The minimum absolute atomic E-state index is 0.00591. The Hall–Kier alpha value is -2.90. The van der Waals surface area contributed by atoms with Gasteiger partial charge in [0.05, 0.1) is 17.8 Å². The van der Waals surface area contributed by atoms with Crippen LogP contribution in [-0.2, 0) is 18.1 Å². The van der Waals surface area contributed by atoms with Crippen molar-refractivity contribution in [1.29, 1.82) is 0 Å². The van der Waals surface area contributed by atoms with Crippen molar-refractivity contribution >= 4 is 0 Å². The molecule has 3 aromatic rings. The summed E-state index contributed by atoms with van der Waals surface area (Å²) in [7, 11) is 0. The Morgan fingerprint density at radius 3 is 2.30 bits per heavy atom. The molecule has 174 valence electrons. The Morgan fingerprint density at radius 2 is 1.70 bits per heavy atom. The average molecular weight is 462 g/mol. The van der Waals surface area contributed by atoms with Gasteiger partial charge in [-0.05, 0) is 54.0 Å². The molecule has 0 radical (unpaired) electrons. The van der Waals surface area contributed by atoms with E-state index in [0.717, 1.165) is 42.8 Å². The number of benzene rings is 2. The lowest BCUT2D eigenvalue weighted by atomic mass is 9.70.